The third kappa shape index (κ3) is 3.27. The first kappa shape index (κ1) is 14.3. The van der Waals surface area contributed by atoms with Crippen molar-refractivity contribution in [3.63, 3.8) is 0 Å². The fourth-order valence-electron chi connectivity index (χ4n) is 1.77. The minimum absolute atomic E-state index is 0.0468. The van der Waals surface area contributed by atoms with E-state index in [1.165, 1.54) is 12.1 Å². The number of aryl methyl sites for hydroxylation is 1. The standard InChI is InChI=1S/C14H14BrN3O2/c1-9-3-4-10(8-14(9)15)17-12-5-11(16-2)6-13(7-12)18(19)20/h3-8,16-17H,1-2H3. The third-order valence-electron chi connectivity index (χ3n) is 2.88. The summed E-state index contributed by atoms with van der Waals surface area (Å²) in [5.41, 5.74) is 3.40. The average molecular weight is 336 g/mol. The molecule has 104 valence electrons. The molecule has 0 aromatic heterocycles. The van der Waals surface area contributed by atoms with Crippen molar-refractivity contribution in [2.75, 3.05) is 17.7 Å². The molecule has 2 N–H and O–H groups in total. The van der Waals surface area contributed by atoms with Gasteiger partial charge in [0.2, 0.25) is 0 Å². The lowest BCUT2D eigenvalue weighted by atomic mass is 10.2. The van der Waals surface area contributed by atoms with Crippen LogP contribution < -0.4 is 10.6 Å². The van der Waals surface area contributed by atoms with Crippen LogP contribution in [0.1, 0.15) is 5.56 Å². The van der Waals surface area contributed by atoms with Gasteiger partial charge in [-0.15, -0.1) is 0 Å². The fourth-order valence-corrected chi connectivity index (χ4v) is 2.15. The minimum atomic E-state index is -0.406. The van der Waals surface area contributed by atoms with E-state index in [1.54, 1.807) is 7.05 Å². The van der Waals surface area contributed by atoms with Crippen LogP contribution in [0.25, 0.3) is 0 Å². The molecule has 0 heterocycles. The molecule has 0 amide bonds. The number of hydrogen-bond acceptors (Lipinski definition) is 4. The molecule has 0 spiro atoms. The van der Waals surface area contributed by atoms with Crippen molar-refractivity contribution in [3.05, 3.63) is 56.5 Å². The summed E-state index contributed by atoms with van der Waals surface area (Å²) < 4.78 is 0.988. The van der Waals surface area contributed by atoms with Crippen molar-refractivity contribution in [1.29, 1.82) is 0 Å². The number of nitro groups is 1. The largest absolute Gasteiger partial charge is 0.388 e. The molecule has 0 aliphatic heterocycles. The molecular weight excluding hydrogens is 322 g/mol. The molecule has 2 aromatic carbocycles. The molecule has 2 rings (SSSR count). The molecule has 0 saturated carbocycles. The van der Waals surface area contributed by atoms with Gasteiger partial charge in [0.1, 0.15) is 0 Å². The summed E-state index contributed by atoms with van der Waals surface area (Å²) >= 11 is 3.46. The number of anilines is 3. The average Bonchev–Trinajstić information content (AvgIpc) is 2.42. The normalized spacial score (nSPS) is 10.2. The van der Waals surface area contributed by atoms with Gasteiger partial charge >= 0.3 is 0 Å². The Bertz CT molecular complexity index is 659. The Hall–Kier alpha value is -2.08. The lowest BCUT2D eigenvalue weighted by molar-refractivity contribution is -0.384. The Morgan fingerprint density at radius 3 is 2.40 bits per heavy atom. The molecule has 0 fully saturated rings. The molecule has 0 saturated heterocycles. The predicted molar refractivity (Wildman–Crippen MR) is 84.8 cm³/mol. The lowest BCUT2D eigenvalue weighted by Crippen LogP contribution is -1.97. The predicted octanol–water partition coefficient (Wildman–Crippen LogP) is 4.45. The van der Waals surface area contributed by atoms with E-state index in [-0.39, 0.29) is 5.69 Å². The second-order valence-corrected chi connectivity index (χ2v) is 5.22. The SMILES string of the molecule is CNc1cc(Nc2ccc(C)c(Br)c2)cc([N+](=O)[O-])c1. The van der Waals surface area contributed by atoms with Crippen LogP contribution in [0, 0.1) is 17.0 Å². The summed E-state index contributed by atoms with van der Waals surface area (Å²) in [5.74, 6) is 0. The maximum absolute atomic E-state index is 10.9. The highest BCUT2D eigenvalue weighted by molar-refractivity contribution is 9.10. The highest BCUT2D eigenvalue weighted by Crippen LogP contribution is 2.28. The first-order valence-corrected chi connectivity index (χ1v) is 6.79. The van der Waals surface area contributed by atoms with Crippen LogP contribution in [0.5, 0.6) is 0 Å². The number of halogens is 1. The van der Waals surface area contributed by atoms with Crippen molar-refractivity contribution < 1.29 is 4.92 Å². The molecule has 0 aliphatic rings. The molecule has 2 aromatic rings. The molecule has 0 unspecified atom stereocenters. The number of rotatable bonds is 4. The molecule has 20 heavy (non-hydrogen) atoms. The minimum Gasteiger partial charge on any atom is -0.388 e. The Morgan fingerprint density at radius 2 is 1.80 bits per heavy atom. The summed E-state index contributed by atoms with van der Waals surface area (Å²) in [4.78, 5) is 10.5. The van der Waals surface area contributed by atoms with Crippen molar-refractivity contribution in [3.8, 4) is 0 Å². The van der Waals surface area contributed by atoms with Gasteiger partial charge in [0.15, 0.2) is 0 Å². The number of hydrogen-bond donors (Lipinski definition) is 2. The molecule has 0 bridgehead atoms. The van der Waals surface area contributed by atoms with Gasteiger partial charge in [-0.2, -0.15) is 0 Å². The number of benzene rings is 2. The van der Waals surface area contributed by atoms with Gasteiger partial charge in [0.25, 0.3) is 5.69 Å². The highest BCUT2D eigenvalue weighted by atomic mass is 79.9. The van der Waals surface area contributed by atoms with Crippen LogP contribution in [0.3, 0.4) is 0 Å². The van der Waals surface area contributed by atoms with Crippen LogP contribution in [-0.4, -0.2) is 12.0 Å². The molecule has 6 heteroatoms. The van der Waals surface area contributed by atoms with E-state index in [0.717, 1.165) is 15.7 Å². The van der Waals surface area contributed by atoms with Gasteiger partial charge in [-0.25, -0.2) is 0 Å². The lowest BCUT2D eigenvalue weighted by Gasteiger charge is -2.10. The summed E-state index contributed by atoms with van der Waals surface area (Å²) in [7, 11) is 1.73. The summed E-state index contributed by atoms with van der Waals surface area (Å²) in [6, 6.07) is 10.7. The number of nitro benzene ring substituents is 1. The van der Waals surface area contributed by atoms with Crippen LogP contribution in [0.15, 0.2) is 40.9 Å². The quantitative estimate of drug-likeness (QED) is 0.639. The monoisotopic (exact) mass is 335 g/mol. The first-order valence-electron chi connectivity index (χ1n) is 6.00. The van der Waals surface area contributed by atoms with Crippen LogP contribution in [0.2, 0.25) is 0 Å². The third-order valence-corrected chi connectivity index (χ3v) is 3.73. The Kier molecular flexibility index (Phi) is 4.24. The van der Waals surface area contributed by atoms with Gasteiger partial charge in [0.05, 0.1) is 4.92 Å². The van der Waals surface area contributed by atoms with Gasteiger partial charge in [0, 0.05) is 40.7 Å². The van der Waals surface area contributed by atoms with Crippen LogP contribution in [-0.2, 0) is 0 Å². The van der Waals surface area contributed by atoms with Crippen molar-refractivity contribution >= 4 is 38.7 Å². The molecule has 0 aliphatic carbocycles. The molecule has 0 radical (unpaired) electrons. The number of nitrogens with zero attached hydrogens (tertiary/aromatic N) is 1. The fraction of sp³-hybridized carbons (Fsp3) is 0.143. The topological polar surface area (TPSA) is 67.2 Å². The zero-order chi connectivity index (χ0) is 14.7. The van der Waals surface area contributed by atoms with E-state index < -0.39 is 4.92 Å². The van der Waals surface area contributed by atoms with E-state index in [4.69, 9.17) is 0 Å². The Labute approximate surface area is 125 Å². The zero-order valence-corrected chi connectivity index (χ0v) is 12.7. The second-order valence-electron chi connectivity index (χ2n) is 4.36. The van der Waals surface area contributed by atoms with Crippen molar-refractivity contribution in [1.82, 2.24) is 0 Å². The van der Waals surface area contributed by atoms with E-state index in [0.29, 0.717) is 11.4 Å². The van der Waals surface area contributed by atoms with E-state index in [1.807, 2.05) is 31.2 Å². The summed E-state index contributed by atoms with van der Waals surface area (Å²) in [6.45, 7) is 2.00. The van der Waals surface area contributed by atoms with Crippen LogP contribution >= 0.6 is 15.9 Å². The molecular formula is C14H14BrN3O2. The second kappa shape index (κ2) is 5.92. The Morgan fingerprint density at radius 1 is 1.10 bits per heavy atom. The highest BCUT2D eigenvalue weighted by Gasteiger charge is 2.09. The van der Waals surface area contributed by atoms with Gasteiger partial charge in [-0.05, 0) is 30.7 Å². The number of nitrogens with one attached hydrogen (secondary N) is 2. The first-order chi connectivity index (χ1) is 9.49. The van der Waals surface area contributed by atoms with Crippen molar-refractivity contribution in [2.24, 2.45) is 0 Å². The smallest absolute Gasteiger partial charge is 0.273 e. The molecule has 0 atom stereocenters. The zero-order valence-electron chi connectivity index (χ0n) is 11.1. The summed E-state index contributed by atoms with van der Waals surface area (Å²) in [5, 5.41) is 17.0. The van der Waals surface area contributed by atoms with Gasteiger partial charge < -0.3 is 10.6 Å². The molecule has 5 nitrogen and oxygen atoms in total. The van der Waals surface area contributed by atoms with Gasteiger partial charge in [-0.3, -0.25) is 10.1 Å². The van der Waals surface area contributed by atoms with Crippen molar-refractivity contribution in [2.45, 2.75) is 6.92 Å². The Balaban J connectivity index is 2.34. The maximum Gasteiger partial charge on any atom is 0.273 e. The van der Waals surface area contributed by atoms with Crippen LogP contribution in [0.4, 0.5) is 22.7 Å². The number of non-ortho nitro benzene ring substituents is 1. The van der Waals surface area contributed by atoms with E-state index >= 15 is 0 Å². The van der Waals surface area contributed by atoms with E-state index in [9.17, 15) is 10.1 Å². The van der Waals surface area contributed by atoms with E-state index in [2.05, 4.69) is 26.6 Å². The summed E-state index contributed by atoms with van der Waals surface area (Å²) in [6.07, 6.45) is 0. The van der Waals surface area contributed by atoms with Gasteiger partial charge in [-0.1, -0.05) is 22.0 Å². The maximum atomic E-state index is 10.9.